The molecular weight excluding hydrogens is 238 g/mol. The number of aromatic nitrogens is 1. The molecule has 1 aliphatic rings. The van der Waals surface area contributed by atoms with E-state index >= 15 is 0 Å². The maximum atomic E-state index is 5.78. The van der Waals surface area contributed by atoms with Crippen LogP contribution >= 0.6 is 0 Å². The molecule has 1 fully saturated rings. The lowest BCUT2D eigenvalue weighted by atomic mass is 10.2. The highest BCUT2D eigenvalue weighted by Crippen LogP contribution is 2.18. The lowest BCUT2D eigenvalue weighted by molar-refractivity contribution is -0.0704. The molecule has 0 aromatic carbocycles. The van der Waals surface area contributed by atoms with Gasteiger partial charge in [0.15, 0.2) is 0 Å². The van der Waals surface area contributed by atoms with Gasteiger partial charge in [-0.1, -0.05) is 13.0 Å². The summed E-state index contributed by atoms with van der Waals surface area (Å²) in [4.78, 5) is 6.90. The van der Waals surface area contributed by atoms with Crippen LogP contribution in [0.3, 0.4) is 0 Å². The number of morpholine rings is 1. The Morgan fingerprint density at radius 1 is 1.37 bits per heavy atom. The van der Waals surface area contributed by atoms with Gasteiger partial charge in [-0.3, -0.25) is 4.90 Å². The molecule has 0 radical (unpaired) electrons. The first-order chi connectivity index (χ1) is 9.19. The Labute approximate surface area is 116 Å². The van der Waals surface area contributed by atoms with Crippen LogP contribution in [0.25, 0.3) is 0 Å². The van der Waals surface area contributed by atoms with E-state index in [1.807, 2.05) is 12.3 Å². The standard InChI is InChI=1S/C15H25N3O/c1-4-7-16-15-14(6-5-8-17-15)11-18-9-12(2)19-13(3)10-18/h5-6,8,12-13H,4,7,9-11H2,1-3H3,(H,16,17). The van der Waals surface area contributed by atoms with Crippen molar-refractivity contribution in [1.82, 2.24) is 9.88 Å². The number of anilines is 1. The lowest BCUT2D eigenvalue weighted by Gasteiger charge is -2.35. The van der Waals surface area contributed by atoms with Crippen LogP contribution < -0.4 is 5.32 Å². The van der Waals surface area contributed by atoms with Gasteiger partial charge in [0.1, 0.15) is 5.82 Å². The Morgan fingerprint density at radius 2 is 2.11 bits per heavy atom. The first-order valence-corrected chi connectivity index (χ1v) is 7.24. The van der Waals surface area contributed by atoms with Crippen molar-refractivity contribution < 1.29 is 4.74 Å². The van der Waals surface area contributed by atoms with Crippen LogP contribution in [0, 0.1) is 0 Å². The van der Waals surface area contributed by atoms with E-state index < -0.39 is 0 Å². The van der Waals surface area contributed by atoms with Crippen molar-refractivity contribution in [2.45, 2.75) is 45.9 Å². The highest BCUT2D eigenvalue weighted by atomic mass is 16.5. The van der Waals surface area contributed by atoms with Gasteiger partial charge in [0.05, 0.1) is 12.2 Å². The molecule has 1 aliphatic heterocycles. The third-order valence-corrected chi connectivity index (χ3v) is 3.32. The van der Waals surface area contributed by atoms with Crippen LogP contribution in [-0.2, 0) is 11.3 Å². The molecule has 1 saturated heterocycles. The Bertz CT molecular complexity index is 387. The summed E-state index contributed by atoms with van der Waals surface area (Å²) in [5.41, 5.74) is 1.28. The monoisotopic (exact) mass is 263 g/mol. The van der Waals surface area contributed by atoms with Crippen molar-refractivity contribution in [1.29, 1.82) is 0 Å². The highest BCUT2D eigenvalue weighted by molar-refractivity contribution is 5.43. The second-order valence-electron chi connectivity index (χ2n) is 5.39. The summed E-state index contributed by atoms with van der Waals surface area (Å²) in [6.45, 7) is 10.3. The van der Waals surface area contributed by atoms with Gasteiger partial charge in [-0.15, -0.1) is 0 Å². The first kappa shape index (κ1) is 14.3. The van der Waals surface area contributed by atoms with Crippen molar-refractivity contribution in [3.8, 4) is 0 Å². The predicted octanol–water partition coefficient (Wildman–Crippen LogP) is 2.51. The number of hydrogen-bond donors (Lipinski definition) is 1. The first-order valence-electron chi connectivity index (χ1n) is 7.24. The Kier molecular flexibility index (Phi) is 5.16. The number of hydrogen-bond acceptors (Lipinski definition) is 4. The van der Waals surface area contributed by atoms with Crippen molar-refractivity contribution in [3.63, 3.8) is 0 Å². The molecule has 106 valence electrons. The van der Waals surface area contributed by atoms with Gasteiger partial charge in [0, 0.05) is 37.9 Å². The van der Waals surface area contributed by atoms with E-state index in [4.69, 9.17) is 4.74 Å². The summed E-state index contributed by atoms with van der Waals surface area (Å²) in [6, 6.07) is 4.18. The van der Waals surface area contributed by atoms with Gasteiger partial charge in [-0.25, -0.2) is 4.98 Å². The van der Waals surface area contributed by atoms with E-state index in [0.29, 0.717) is 12.2 Å². The third kappa shape index (κ3) is 4.18. The zero-order chi connectivity index (χ0) is 13.7. The second-order valence-corrected chi connectivity index (χ2v) is 5.39. The fourth-order valence-electron chi connectivity index (χ4n) is 2.62. The molecule has 2 unspecified atom stereocenters. The number of pyridine rings is 1. The fourth-order valence-corrected chi connectivity index (χ4v) is 2.62. The summed E-state index contributed by atoms with van der Waals surface area (Å²) >= 11 is 0. The maximum Gasteiger partial charge on any atom is 0.130 e. The third-order valence-electron chi connectivity index (χ3n) is 3.32. The summed E-state index contributed by atoms with van der Waals surface area (Å²) in [7, 11) is 0. The SMILES string of the molecule is CCCNc1ncccc1CN1CC(C)OC(C)C1. The summed E-state index contributed by atoms with van der Waals surface area (Å²) in [5, 5.41) is 3.41. The molecule has 0 amide bonds. The summed E-state index contributed by atoms with van der Waals surface area (Å²) < 4.78 is 5.78. The van der Waals surface area contributed by atoms with Crippen molar-refractivity contribution in [3.05, 3.63) is 23.9 Å². The molecule has 0 spiro atoms. The van der Waals surface area contributed by atoms with E-state index in [9.17, 15) is 0 Å². The molecule has 19 heavy (non-hydrogen) atoms. The molecule has 1 aromatic rings. The minimum atomic E-state index is 0.312. The molecular formula is C15H25N3O. The van der Waals surface area contributed by atoms with Crippen LogP contribution in [0.1, 0.15) is 32.8 Å². The molecule has 2 heterocycles. The lowest BCUT2D eigenvalue weighted by Crippen LogP contribution is -2.44. The number of nitrogens with one attached hydrogen (secondary N) is 1. The molecule has 4 nitrogen and oxygen atoms in total. The summed E-state index contributed by atoms with van der Waals surface area (Å²) in [5.74, 6) is 1.02. The van der Waals surface area contributed by atoms with E-state index in [2.05, 4.69) is 42.0 Å². The van der Waals surface area contributed by atoms with Crippen LogP contribution in [0.4, 0.5) is 5.82 Å². The van der Waals surface area contributed by atoms with Crippen molar-refractivity contribution in [2.75, 3.05) is 25.0 Å². The minimum absolute atomic E-state index is 0.312. The molecule has 1 aromatic heterocycles. The quantitative estimate of drug-likeness (QED) is 0.885. The normalized spacial score (nSPS) is 24.4. The molecule has 0 aliphatic carbocycles. The summed E-state index contributed by atoms with van der Waals surface area (Å²) in [6.07, 6.45) is 3.59. The van der Waals surface area contributed by atoms with E-state index in [0.717, 1.165) is 38.4 Å². The molecule has 0 saturated carbocycles. The molecule has 2 atom stereocenters. The minimum Gasteiger partial charge on any atom is -0.373 e. The van der Waals surface area contributed by atoms with Crippen molar-refractivity contribution >= 4 is 5.82 Å². The van der Waals surface area contributed by atoms with Crippen molar-refractivity contribution in [2.24, 2.45) is 0 Å². The van der Waals surface area contributed by atoms with E-state index in [-0.39, 0.29) is 0 Å². The van der Waals surface area contributed by atoms with E-state index in [1.165, 1.54) is 5.56 Å². The fraction of sp³-hybridized carbons (Fsp3) is 0.667. The zero-order valence-electron chi connectivity index (χ0n) is 12.2. The largest absolute Gasteiger partial charge is 0.373 e. The Hall–Kier alpha value is -1.13. The highest BCUT2D eigenvalue weighted by Gasteiger charge is 2.22. The average molecular weight is 263 g/mol. The topological polar surface area (TPSA) is 37.4 Å². The smallest absolute Gasteiger partial charge is 0.130 e. The van der Waals surface area contributed by atoms with Gasteiger partial charge < -0.3 is 10.1 Å². The van der Waals surface area contributed by atoms with Gasteiger partial charge in [-0.2, -0.15) is 0 Å². The number of ether oxygens (including phenoxy) is 1. The number of nitrogens with zero attached hydrogens (tertiary/aromatic N) is 2. The van der Waals surface area contributed by atoms with Crippen LogP contribution in [0.2, 0.25) is 0 Å². The zero-order valence-corrected chi connectivity index (χ0v) is 12.2. The van der Waals surface area contributed by atoms with Gasteiger partial charge in [0.25, 0.3) is 0 Å². The van der Waals surface area contributed by atoms with E-state index in [1.54, 1.807) is 0 Å². The Morgan fingerprint density at radius 3 is 2.79 bits per heavy atom. The molecule has 0 bridgehead atoms. The van der Waals surface area contributed by atoms with Gasteiger partial charge in [0.2, 0.25) is 0 Å². The second kappa shape index (κ2) is 6.87. The molecule has 2 rings (SSSR count). The average Bonchev–Trinajstić information content (AvgIpc) is 2.36. The van der Waals surface area contributed by atoms with Gasteiger partial charge >= 0.3 is 0 Å². The van der Waals surface area contributed by atoms with Gasteiger partial charge in [-0.05, 0) is 26.3 Å². The number of rotatable bonds is 5. The predicted molar refractivity (Wildman–Crippen MR) is 78.3 cm³/mol. The maximum absolute atomic E-state index is 5.78. The Balaban J connectivity index is 2.01. The molecule has 1 N–H and O–H groups in total. The van der Waals surface area contributed by atoms with Crippen LogP contribution in [-0.4, -0.2) is 41.7 Å². The van der Waals surface area contributed by atoms with Crippen LogP contribution in [0.15, 0.2) is 18.3 Å². The molecule has 4 heteroatoms. The van der Waals surface area contributed by atoms with Crippen LogP contribution in [0.5, 0.6) is 0 Å².